The molecule has 0 aliphatic heterocycles. The van der Waals surface area contributed by atoms with Crippen LogP contribution in [0.1, 0.15) is 16.7 Å². The molecule has 0 aliphatic rings. The minimum absolute atomic E-state index is 0.0446. The summed E-state index contributed by atoms with van der Waals surface area (Å²) >= 11 is 0. The van der Waals surface area contributed by atoms with E-state index in [1.165, 1.54) is 28.6 Å². The Hall–Kier alpha value is -3.90. The number of likely N-dealkylation sites (N-methyl/N-ethyl adjacent to an activating group) is 1. The van der Waals surface area contributed by atoms with Crippen LogP contribution in [0.4, 0.5) is 17.2 Å². The van der Waals surface area contributed by atoms with Gasteiger partial charge >= 0.3 is 5.69 Å². The van der Waals surface area contributed by atoms with Gasteiger partial charge in [-0.2, -0.15) is 0 Å². The molecule has 0 saturated heterocycles. The lowest BCUT2D eigenvalue weighted by Crippen LogP contribution is -2.39. The minimum atomic E-state index is -3.97. The molecule has 180 valence electrons. The zero-order chi connectivity index (χ0) is 25.2. The Morgan fingerprint density at radius 3 is 2.41 bits per heavy atom. The molecule has 1 aromatic heterocycles. The van der Waals surface area contributed by atoms with Gasteiger partial charge in [-0.25, -0.2) is 18.4 Å². The summed E-state index contributed by atoms with van der Waals surface area (Å²) in [7, 11) is -2.49. The molecule has 12 heteroatoms. The second-order valence-electron chi connectivity index (χ2n) is 7.93. The van der Waals surface area contributed by atoms with Crippen LogP contribution in [-0.4, -0.2) is 37.5 Å². The molecule has 0 unspecified atom stereocenters. The number of aryl methyl sites for hydroxylation is 1. The molecule has 0 atom stereocenters. The fraction of sp³-hybridized carbons (Fsp3) is 0.227. The van der Waals surface area contributed by atoms with Crippen LogP contribution in [0.5, 0.6) is 0 Å². The Balaban J connectivity index is 1.88. The molecule has 0 saturated carbocycles. The second kappa shape index (κ2) is 9.53. The van der Waals surface area contributed by atoms with Gasteiger partial charge in [-0.3, -0.25) is 19.1 Å². The molecule has 3 aromatic rings. The number of nitrogen functional groups attached to an aromatic ring is 1. The third kappa shape index (κ3) is 5.35. The van der Waals surface area contributed by atoms with Crippen LogP contribution in [0.15, 0.2) is 56.9 Å². The van der Waals surface area contributed by atoms with Crippen molar-refractivity contribution in [3.63, 3.8) is 0 Å². The maximum atomic E-state index is 12.7. The highest BCUT2D eigenvalue weighted by Gasteiger charge is 2.20. The van der Waals surface area contributed by atoms with Crippen LogP contribution >= 0.6 is 0 Å². The third-order valence-corrected chi connectivity index (χ3v) is 6.30. The molecular weight excluding hydrogens is 460 g/mol. The second-order valence-corrected chi connectivity index (χ2v) is 9.49. The number of primary sulfonamides is 1. The molecule has 0 bridgehead atoms. The van der Waals surface area contributed by atoms with E-state index in [0.717, 1.165) is 5.56 Å². The maximum Gasteiger partial charge on any atom is 0.330 e. The highest BCUT2D eigenvalue weighted by atomic mass is 32.2. The number of hydrogen-bond acceptors (Lipinski definition) is 7. The van der Waals surface area contributed by atoms with Crippen molar-refractivity contribution >= 4 is 33.1 Å². The minimum Gasteiger partial charge on any atom is -0.383 e. The van der Waals surface area contributed by atoms with Crippen molar-refractivity contribution in [1.82, 2.24) is 9.55 Å². The number of aromatic nitrogens is 2. The third-order valence-electron chi connectivity index (χ3n) is 5.40. The Kier molecular flexibility index (Phi) is 6.93. The average Bonchev–Trinajstić information content (AvgIpc) is 2.74. The topological polar surface area (TPSA) is 173 Å². The molecule has 1 amide bonds. The predicted molar refractivity (Wildman–Crippen MR) is 130 cm³/mol. The number of benzene rings is 2. The number of nitrogens with zero attached hydrogens (tertiary/aromatic N) is 2. The van der Waals surface area contributed by atoms with Crippen LogP contribution in [0.25, 0.3) is 0 Å². The van der Waals surface area contributed by atoms with Gasteiger partial charge in [0.1, 0.15) is 11.5 Å². The fourth-order valence-electron chi connectivity index (χ4n) is 3.47. The Bertz CT molecular complexity index is 1460. The summed E-state index contributed by atoms with van der Waals surface area (Å²) < 4.78 is 24.7. The lowest BCUT2D eigenvalue weighted by Gasteiger charge is -2.22. The Morgan fingerprint density at radius 1 is 1.15 bits per heavy atom. The summed E-state index contributed by atoms with van der Waals surface area (Å²) in [5, 5.41) is 7.87. The van der Waals surface area contributed by atoms with E-state index in [0.29, 0.717) is 11.1 Å². The largest absolute Gasteiger partial charge is 0.383 e. The van der Waals surface area contributed by atoms with E-state index in [9.17, 15) is 22.8 Å². The first-order valence-corrected chi connectivity index (χ1v) is 11.7. The van der Waals surface area contributed by atoms with E-state index in [1.807, 2.05) is 30.3 Å². The summed E-state index contributed by atoms with van der Waals surface area (Å²) in [6.07, 6.45) is 0. The predicted octanol–water partition coefficient (Wildman–Crippen LogP) is 0.506. The van der Waals surface area contributed by atoms with Crippen molar-refractivity contribution in [2.24, 2.45) is 5.14 Å². The number of nitrogens with two attached hydrogens (primary N) is 2. The van der Waals surface area contributed by atoms with Gasteiger partial charge in [-0.05, 0) is 42.7 Å². The smallest absolute Gasteiger partial charge is 0.330 e. The van der Waals surface area contributed by atoms with Gasteiger partial charge < -0.3 is 16.0 Å². The van der Waals surface area contributed by atoms with E-state index in [2.05, 4.69) is 10.3 Å². The van der Waals surface area contributed by atoms with Crippen LogP contribution in [0.2, 0.25) is 0 Å². The van der Waals surface area contributed by atoms with Crippen LogP contribution in [-0.2, 0) is 21.4 Å². The molecule has 1 heterocycles. The van der Waals surface area contributed by atoms with Gasteiger partial charge in [0.15, 0.2) is 0 Å². The van der Waals surface area contributed by atoms with Crippen LogP contribution in [0.3, 0.4) is 0 Å². The number of anilines is 3. The average molecular weight is 487 g/mol. The molecule has 0 aliphatic carbocycles. The van der Waals surface area contributed by atoms with Crippen LogP contribution in [0, 0.1) is 13.8 Å². The number of rotatable bonds is 7. The summed E-state index contributed by atoms with van der Waals surface area (Å²) in [4.78, 5) is 41.0. The first kappa shape index (κ1) is 24.7. The number of amides is 1. The molecule has 6 N–H and O–H groups in total. The quantitative estimate of drug-likeness (QED) is 0.376. The van der Waals surface area contributed by atoms with Crippen molar-refractivity contribution in [2.75, 3.05) is 29.5 Å². The van der Waals surface area contributed by atoms with Gasteiger partial charge in [-0.1, -0.05) is 30.3 Å². The molecule has 3 rings (SSSR count). The molecule has 34 heavy (non-hydrogen) atoms. The number of sulfonamides is 1. The molecule has 2 aromatic carbocycles. The Labute approximate surface area is 196 Å². The van der Waals surface area contributed by atoms with Gasteiger partial charge in [0.05, 0.1) is 18.0 Å². The van der Waals surface area contributed by atoms with Crippen molar-refractivity contribution in [3.8, 4) is 0 Å². The van der Waals surface area contributed by atoms with Gasteiger partial charge in [-0.15, -0.1) is 0 Å². The normalized spacial score (nSPS) is 11.3. The first-order valence-electron chi connectivity index (χ1n) is 10.2. The number of carbonyl (C=O) groups is 1. The van der Waals surface area contributed by atoms with E-state index in [1.54, 1.807) is 13.8 Å². The highest BCUT2D eigenvalue weighted by molar-refractivity contribution is 7.89. The van der Waals surface area contributed by atoms with Gasteiger partial charge in [0, 0.05) is 12.7 Å². The number of nitrogens with one attached hydrogen (secondary N) is 2. The lowest BCUT2D eigenvalue weighted by atomic mass is 10.1. The van der Waals surface area contributed by atoms with E-state index in [-0.39, 0.29) is 35.2 Å². The van der Waals surface area contributed by atoms with Crippen molar-refractivity contribution < 1.29 is 13.2 Å². The standard InChI is InChI=1S/C22H26N6O5S/c1-13-9-16(34(24,32)33)10-17(14(13)2)25-18(29)12-27(3)19-20(23)28(22(31)26-21(19)30)11-15-7-5-4-6-8-15/h4-10H,11-12,23H2,1-3H3,(H,25,29)(H2,24,32,33)(H,26,30,31). The Morgan fingerprint density at radius 2 is 1.79 bits per heavy atom. The van der Waals surface area contributed by atoms with E-state index < -0.39 is 27.2 Å². The zero-order valence-electron chi connectivity index (χ0n) is 19.0. The van der Waals surface area contributed by atoms with Gasteiger partial charge in [0.25, 0.3) is 5.56 Å². The summed E-state index contributed by atoms with van der Waals surface area (Å²) in [5.74, 6) is -0.618. The summed E-state index contributed by atoms with van der Waals surface area (Å²) in [5.41, 5.74) is 7.09. The van der Waals surface area contributed by atoms with Crippen molar-refractivity contribution in [2.45, 2.75) is 25.3 Å². The molecule has 0 radical (unpaired) electrons. The van der Waals surface area contributed by atoms with E-state index in [4.69, 9.17) is 10.9 Å². The monoisotopic (exact) mass is 486 g/mol. The highest BCUT2D eigenvalue weighted by Crippen LogP contribution is 2.24. The van der Waals surface area contributed by atoms with Gasteiger partial charge in [0.2, 0.25) is 15.9 Å². The van der Waals surface area contributed by atoms with E-state index >= 15 is 0 Å². The SMILES string of the molecule is Cc1cc(S(N)(=O)=O)cc(NC(=O)CN(C)c2c(N)n(Cc3ccccc3)c(=O)[nH]c2=O)c1C. The molecule has 0 fully saturated rings. The number of carbonyl (C=O) groups excluding carboxylic acids is 1. The maximum absolute atomic E-state index is 12.7. The lowest BCUT2D eigenvalue weighted by molar-refractivity contribution is -0.114. The molecular formula is C22H26N6O5S. The first-order chi connectivity index (χ1) is 15.9. The summed E-state index contributed by atoms with van der Waals surface area (Å²) in [6.45, 7) is 3.26. The number of hydrogen-bond donors (Lipinski definition) is 4. The van der Waals surface area contributed by atoms with Crippen molar-refractivity contribution in [3.05, 3.63) is 80.0 Å². The number of aromatic amines is 1. The molecule has 11 nitrogen and oxygen atoms in total. The number of H-pyrrole nitrogens is 1. The summed E-state index contributed by atoms with van der Waals surface area (Å²) in [6, 6.07) is 11.8. The zero-order valence-corrected chi connectivity index (χ0v) is 19.8. The van der Waals surface area contributed by atoms with Crippen LogP contribution < -0.4 is 32.3 Å². The molecule has 0 spiro atoms. The van der Waals surface area contributed by atoms with Crippen molar-refractivity contribution in [1.29, 1.82) is 0 Å². The fourth-order valence-corrected chi connectivity index (χ4v) is 4.10.